The lowest BCUT2D eigenvalue weighted by atomic mass is 10.1. The molecule has 5 heteroatoms. The zero-order valence-corrected chi connectivity index (χ0v) is 8.73. The number of aliphatic hydroxyl groups is 1. The predicted octanol–water partition coefficient (Wildman–Crippen LogP) is 0.266. The molecule has 0 saturated heterocycles. The van der Waals surface area contributed by atoms with Crippen LogP contribution in [-0.2, 0) is 0 Å². The Bertz CT molecular complexity index is 313. The number of rotatable bonds is 3. The van der Waals surface area contributed by atoms with Gasteiger partial charge in [0.1, 0.15) is 5.82 Å². The van der Waals surface area contributed by atoms with Crippen LogP contribution in [0, 0.1) is 0 Å². The van der Waals surface area contributed by atoms with Crippen LogP contribution in [-0.4, -0.2) is 34.3 Å². The minimum Gasteiger partial charge on any atom is -0.394 e. The number of nitrogens with two attached hydrogens (primary N) is 1. The summed E-state index contributed by atoms with van der Waals surface area (Å²) in [6.07, 6.45) is 1.60. The van der Waals surface area contributed by atoms with Crippen molar-refractivity contribution in [3.8, 4) is 0 Å². The number of nitrogens with zero attached hydrogens (tertiary/aromatic N) is 3. The first-order valence-corrected chi connectivity index (χ1v) is 4.40. The summed E-state index contributed by atoms with van der Waals surface area (Å²) in [7, 11) is 1.86. The third kappa shape index (κ3) is 2.11. The van der Waals surface area contributed by atoms with Gasteiger partial charge in [-0.3, -0.25) is 0 Å². The van der Waals surface area contributed by atoms with Crippen molar-refractivity contribution in [3.63, 3.8) is 0 Å². The molecule has 0 aliphatic carbocycles. The van der Waals surface area contributed by atoms with Crippen molar-refractivity contribution in [2.24, 2.45) is 0 Å². The second-order valence-electron chi connectivity index (χ2n) is 3.80. The van der Waals surface area contributed by atoms with E-state index < -0.39 is 0 Å². The first kappa shape index (κ1) is 10.7. The van der Waals surface area contributed by atoms with Crippen LogP contribution in [0.1, 0.15) is 13.8 Å². The van der Waals surface area contributed by atoms with Crippen LogP contribution >= 0.6 is 0 Å². The second kappa shape index (κ2) is 3.79. The first-order valence-electron chi connectivity index (χ1n) is 4.40. The topological polar surface area (TPSA) is 75.3 Å². The molecule has 0 bridgehead atoms. The van der Waals surface area contributed by atoms with Gasteiger partial charge in [0, 0.05) is 13.2 Å². The van der Waals surface area contributed by atoms with Gasteiger partial charge in [-0.1, -0.05) is 0 Å². The fraction of sp³-hybridized carbons (Fsp3) is 0.556. The lowest BCUT2D eigenvalue weighted by Crippen LogP contribution is -2.44. The molecular formula is C9H16N4O. The standard InChI is InChI=1S/C9H16N4O/c1-9(2,6-14)13(3)7-4-5-11-8(10)12-7/h4-5,14H,6H2,1-3H3,(H2,10,11,12). The van der Waals surface area contributed by atoms with Crippen molar-refractivity contribution in [3.05, 3.63) is 12.3 Å². The highest BCUT2D eigenvalue weighted by Crippen LogP contribution is 2.19. The van der Waals surface area contributed by atoms with Crippen LogP contribution in [0.15, 0.2) is 12.3 Å². The highest BCUT2D eigenvalue weighted by Gasteiger charge is 2.23. The van der Waals surface area contributed by atoms with Crippen molar-refractivity contribution in [2.75, 3.05) is 24.3 Å². The monoisotopic (exact) mass is 196 g/mol. The molecule has 1 aromatic rings. The maximum atomic E-state index is 9.18. The van der Waals surface area contributed by atoms with E-state index in [1.165, 1.54) is 0 Å². The highest BCUT2D eigenvalue weighted by molar-refractivity contribution is 5.42. The Morgan fingerprint density at radius 3 is 2.71 bits per heavy atom. The minimum absolute atomic E-state index is 0.0490. The molecule has 0 aliphatic heterocycles. The van der Waals surface area contributed by atoms with Gasteiger partial charge in [0.25, 0.3) is 0 Å². The van der Waals surface area contributed by atoms with Gasteiger partial charge in [-0.05, 0) is 19.9 Å². The molecular weight excluding hydrogens is 180 g/mol. The smallest absolute Gasteiger partial charge is 0.221 e. The van der Waals surface area contributed by atoms with E-state index in [4.69, 9.17) is 5.73 Å². The number of hydrogen-bond acceptors (Lipinski definition) is 5. The summed E-state index contributed by atoms with van der Waals surface area (Å²) in [6, 6.07) is 1.76. The Balaban J connectivity index is 2.94. The van der Waals surface area contributed by atoms with Gasteiger partial charge in [0.2, 0.25) is 5.95 Å². The maximum absolute atomic E-state index is 9.18. The summed E-state index contributed by atoms with van der Waals surface area (Å²) in [5.41, 5.74) is 5.11. The third-order valence-corrected chi connectivity index (χ3v) is 2.30. The van der Waals surface area contributed by atoms with Crippen LogP contribution in [0.4, 0.5) is 11.8 Å². The van der Waals surface area contributed by atoms with E-state index in [0.29, 0.717) is 5.82 Å². The quantitative estimate of drug-likeness (QED) is 0.725. The van der Waals surface area contributed by atoms with Gasteiger partial charge < -0.3 is 15.7 Å². The highest BCUT2D eigenvalue weighted by atomic mass is 16.3. The number of likely N-dealkylation sites (N-methyl/N-ethyl adjacent to an activating group) is 1. The Kier molecular flexibility index (Phi) is 2.90. The fourth-order valence-corrected chi connectivity index (χ4v) is 0.967. The molecule has 78 valence electrons. The summed E-state index contributed by atoms with van der Waals surface area (Å²) >= 11 is 0. The largest absolute Gasteiger partial charge is 0.394 e. The Morgan fingerprint density at radius 1 is 1.57 bits per heavy atom. The fourth-order valence-electron chi connectivity index (χ4n) is 0.967. The molecule has 0 unspecified atom stereocenters. The molecule has 1 aromatic heterocycles. The van der Waals surface area contributed by atoms with Crippen molar-refractivity contribution < 1.29 is 5.11 Å². The number of hydrogen-bond donors (Lipinski definition) is 2. The van der Waals surface area contributed by atoms with Crippen molar-refractivity contribution in [1.29, 1.82) is 0 Å². The van der Waals surface area contributed by atoms with Crippen LogP contribution in [0.25, 0.3) is 0 Å². The number of aliphatic hydroxyl groups excluding tert-OH is 1. The van der Waals surface area contributed by atoms with Crippen LogP contribution in [0.3, 0.4) is 0 Å². The normalized spacial score (nSPS) is 11.4. The molecule has 14 heavy (non-hydrogen) atoms. The molecule has 5 nitrogen and oxygen atoms in total. The second-order valence-corrected chi connectivity index (χ2v) is 3.80. The summed E-state index contributed by atoms with van der Waals surface area (Å²) in [5.74, 6) is 0.944. The minimum atomic E-state index is -0.360. The maximum Gasteiger partial charge on any atom is 0.221 e. The van der Waals surface area contributed by atoms with E-state index in [0.717, 1.165) is 0 Å². The average molecular weight is 196 g/mol. The summed E-state index contributed by atoms with van der Waals surface area (Å²) in [4.78, 5) is 9.74. The van der Waals surface area contributed by atoms with E-state index >= 15 is 0 Å². The Labute approximate surface area is 83.6 Å². The molecule has 0 atom stereocenters. The van der Waals surface area contributed by atoms with E-state index in [2.05, 4.69) is 9.97 Å². The van der Waals surface area contributed by atoms with Gasteiger partial charge >= 0.3 is 0 Å². The third-order valence-electron chi connectivity index (χ3n) is 2.30. The zero-order valence-electron chi connectivity index (χ0n) is 8.73. The van der Waals surface area contributed by atoms with Gasteiger partial charge in [0.15, 0.2) is 0 Å². The van der Waals surface area contributed by atoms with Gasteiger partial charge in [-0.25, -0.2) is 4.98 Å². The molecule has 1 heterocycles. The summed E-state index contributed by atoms with van der Waals surface area (Å²) in [6.45, 7) is 3.89. The number of anilines is 2. The van der Waals surface area contributed by atoms with E-state index in [1.54, 1.807) is 12.3 Å². The lowest BCUT2D eigenvalue weighted by Gasteiger charge is -2.34. The molecule has 0 spiro atoms. The van der Waals surface area contributed by atoms with E-state index in [-0.39, 0.29) is 18.1 Å². The molecule has 0 radical (unpaired) electrons. The van der Waals surface area contributed by atoms with Crippen LogP contribution in [0.2, 0.25) is 0 Å². The van der Waals surface area contributed by atoms with Crippen molar-refractivity contribution in [1.82, 2.24) is 9.97 Å². The van der Waals surface area contributed by atoms with Crippen molar-refractivity contribution >= 4 is 11.8 Å². The average Bonchev–Trinajstić information content (AvgIpc) is 2.16. The molecule has 3 N–H and O–H groups in total. The molecule has 1 rings (SSSR count). The van der Waals surface area contributed by atoms with Crippen LogP contribution < -0.4 is 10.6 Å². The molecule has 0 saturated carbocycles. The van der Waals surface area contributed by atoms with Crippen LogP contribution in [0.5, 0.6) is 0 Å². The SMILES string of the molecule is CN(c1ccnc(N)n1)C(C)(C)CO. The zero-order chi connectivity index (χ0) is 10.8. The number of nitrogen functional groups attached to an aromatic ring is 1. The summed E-state index contributed by atoms with van der Waals surface area (Å²) < 4.78 is 0. The Morgan fingerprint density at radius 2 is 2.21 bits per heavy atom. The molecule has 0 fully saturated rings. The predicted molar refractivity (Wildman–Crippen MR) is 56.0 cm³/mol. The van der Waals surface area contributed by atoms with Gasteiger partial charge in [-0.2, -0.15) is 4.98 Å². The molecule has 0 aromatic carbocycles. The van der Waals surface area contributed by atoms with Gasteiger partial charge in [0.05, 0.1) is 12.1 Å². The molecule has 0 aliphatic rings. The number of aromatic nitrogens is 2. The van der Waals surface area contributed by atoms with E-state index in [1.807, 2.05) is 25.8 Å². The summed E-state index contributed by atoms with van der Waals surface area (Å²) in [5, 5.41) is 9.18. The molecule has 0 amide bonds. The lowest BCUT2D eigenvalue weighted by molar-refractivity contribution is 0.215. The van der Waals surface area contributed by atoms with Crippen molar-refractivity contribution in [2.45, 2.75) is 19.4 Å². The van der Waals surface area contributed by atoms with E-state index in [9.17, 15) is 5.11 Å². The first-order chi connectivity index (χ1) is 6.47. The van der Waals surface area contributed by atoms with Gasteiger partial charge in [-0.15, -0.1) is 0 Å². The Hall–Kier alpha value is -1.36.